The molecule has 5 heteroatoms. The van der Waals surface area contributed by atoms with Gasteiger partial charge in [-0.3, -0.25) is 4.98 Å². The molecule has 0 saturated carbocycles. The minimum Gasteiger partial charge on any atom is -0.478 e. The Balaban J connectivity index is 3.00. The zero-order valence-electron chi connectivity index (χ0n) is 9.05. The Labute approximate surface area is 93.9 Å². The van der Waals surface area contributed by atoms with Gasteiger partial charge in [0.25, 0.3) is 0 Å². The topological polar surface area (TPSA) is 77.2 Å². The molecule has 0 unspecified atom stereocenters. The Kier molecular flexibility index (Phi) is 4.28. The SMILES string of the molecule is CCN(CCC#N)c1ccncc1C(=O)O. The number of carboxylic acids is 1. The zero-order valence-corrected chi connectivity index (χ0v) is 9.05. The van der Waals surface area contributed by atoms with Crippen molar-refractivity contribution < 1.29 is 9.90 Å². The van der Waals surface area contributed by atoms with E-state index in [-0.39, 0.29) is 5.56 Å². The van der Waals surface area contributed by atoms with E-state index >= 15 is 0 Å². The lowest BCUT2D eigenvalue weighted by Gasteiger charge is -2.23. The number of hydrogen-bond acceptors (Lipinski definition) is 4. The summed E-state index contributed by atoms with van der Waals surface area (Å²) in [4.78, 5) is 16.6. The van der Waals surface area contributed by atoms with E-state index in [2.05, 4.69) is 4.98 Å². The van der Waals surface area contributed by atoms with Gasteiger partial charge in [-0.05, 0) is 13.0 Å². The highest BCUT2D eigenvalue weighted by molar-refractivity contribution is 5.94. The highest BCUT2D eigenvalue weighted by atomic mass is 16.4. The molecule has 0 amide bonds. The normalized spacial score (nSPS) is 9.50. The number of pyridine rings is 1. The van der Waals surface area contributed by atoms with Crippen LogP contribution in [0.4, 0.5) is 5.69 Å². The van der Waals surface area contributed by atoms with Crippen LogP contribution in [-0.4, -0.2) is 29.1 Å². The minimum absolute atomic E-state index is 0.169. The third-order valence-corrected chi connectivity index (χ3v) is 2.24. The average Bonchev–Trinajstić information content (AvgIpc) is 2.30. The number of nitrogens with zero attached hydrogens (tertiary/aromatic N) is 3. The molecule has 84 valence electrons. The second-order valence-corrected chi connectivity index (χ2v) is 3.19. The standard InChI is InChI=1S/C11H13N3O2/c1-2-14(7-3-5-12)10-4-6-13-8-9(10)11(15)16/h4,6,8H,2-3,7H2,1H3,(H,15,16). The molecular weight excluding hydrogens is 206 g/mol. The number of anilines is 1. The second kappa shape index (κ2) is 5.71. The van der Waals surface area contributed by atoms with Crippen LogP contribution in [0, 0.1) is 11.3 Å². The summed E-state index contributed by atoms with van der Waals surface area (Å²) in [5, 5.41) is 17.5. The maximum Gasteiger partial charge on any atom is 0.339 e. The number of aromatic carboxylic acids is 1. The lowest BCUT2D eigenvalue weighted by atomic mass is 10.2. The van der Waals surface area contributed by atoms with E-state index in [1.807, 2.05) is 17.9 Å². The average molecular weight is 219 g/mol. The van der Waals surface area contributed by atoms with Crippen molar-refractivity contribution in [3.05, 3.63) is 24.0 Å². The van der Waals surface area contributed by atoms with E-state index in [1.165, 1.54) is 6.20 Å². The van der Waals surface area contributed by atoms with Crippen LogP contribution in [0.15, 0.2) is 18.5 Å². The number of carboxylic acid groups (broad SMARTS) is 1. The van der Waals surface area contributed by atoms with Crippen molar-refractivity contribution in [3.63, 3.8) is 0 Å². The fourth-order valence-electron chi connectivity index (χ4n) is 1.46. The molecule has 0 aliphatic carbocycles. The summed E-state index contributed by atoms with van der Waals surface area (Å²) in [6.45, 7) is 3.10. The van der Waals surface area contributed by atoms with E-state index in [9.17, 15) is 4.79 Å². The number of aromatic nitrogens is 1. The highest BCUT2D eigenvalue weighted by Crippen LogP contribution is 2.19. The Morgan fingerprint density at radius 2 is 2.44 bits per heavy atom. The highest BCUT2D eigenvalue weighted by Gasteiger charge is 2.14. The number of hydrogen-bond donors (Lipinski definition) is 1. The predicted octanol–water partition coefficient (Wildman–Crippen LogP) is 1.52. The van der Waals surface area contributed by atoms with Gasteiger partial charge in [-0.25, -0.2) is 4.79 Å². The first-order valence-electron chi connectivity index (χ1n) is 5.00. The van der Waals surface area contributed by atoms with Crippen molar-refractivity contribution >= 4 is 11.7 Å². The molecular formula is C11H13N3O2. The summed E-state index contributed by atoms with van der Waals surface area (Å²) in [6, 6.07) is 3.70. The van der Waals surface area contributed by atoms with Crippen molar-refractivity contribution in [2.75, 3.05) is 18.0 Å². The van der Waals surface area contributed by atoms with Crippen LogP contribution in [0.2, 0.25) is 0 Å². The van der Waals surface area contributed by atoms with Crippen LogP contribution in [0.25, 0.3) is 0 Å². The van der Waals surface area contributed by atoms with Gasteiger partial charge < -0.3 is 10.0 Å². The molecule has 1 aromatic heterocycles. The van der Waals surface area contributed by atoms with Crippen LogP contribution in [0.3, 0.4) is 0 Å². The van der Waals surface area contributed by atoms with Crippen molar-refractivity contribution in [2.45, 2.75) is 13.3 Å². The van der Waals surface area contributed by atoms with Crippen molar-refractivity contribution in [3.8, 4) is 6.07 Å². The fraction of sp³-hybridized carbons (Fsp3) is 0.364. The second-order valence-electron chi connectivity index (χ2n) is 3.19. The molecule has 0 aliphatic rings. The van der Waals surface area contributed by atoms with Gasteiger partial charge in [0.2, 0.25) is 0 Å². The van der Waals surface area contributed by atoms with E-state index in [0.29, 0.717) is 25.2 Å². The summed E-state index contributed by atoms with van der Waals surface area (Å²) in [5.74, 6) is -1.00. The molecule has 0 bridgehead atoms. The van der Waals surface area contributed by atoms with Gasteiger partial charge in [0, 0.05) is 25.5 Å². The van der Waals surface area contributed by atoms with Crippen LogP contribution in [0.1, 0.15) is 23.7 Å². The Bertz CT molecular complexity index is 412. The van der Waals surface area contributed by atoms with Gasteiger partial charge >= 0.3 is 5.97 Å². The first-order chi connectivity index (χ1) is 7.70. The van der Waals surface area contributed by atoms with E-state index in [4.69, 9.17) is 10.4 Å². The molecule has 0 radical (unpaired) electrons. The van der Waals surface area contributed by atoms with Crippen molar-refractivity contribution in [2.24, 2.45) is 0 Å². The Morgan fingerprint density at radius 3 is 3.00 bits per heavy atom. The quantitative estimate of drug-likeness (QED) is 0.812. The molecule has 1 heterocycles. The first-order valence-corrected chi connectivity index (χ1v) is 5.00. The van der Waals surface area contributed by atoms with Gasteiger partial charge in [-0.15, -0.1) is 0 Å². The first kappa shape index (κ1) is 12.0. The van der Waals surface area contributed by atoms with Gasteiger partial charge in [-0.1, -0.05) is 0 Å². The van der Waals surface area contributed by atoms with Crippen molar-refractivity contribution in [1.29, 1.82) is 5.26 Å². The summed E-state index contributed by atoms with van der Waals surface area (Å²) >= 11 is 0. The van der Waals surface area contributed by atoms with E-state index in [1.54, 1.807) is 12.3 Å². The van der Waals surface area contributed by atoms with Gasteiger partial charge in [0.05, 0.1) is 18.2 Å². The molecule has 0 spiro atoms. The third kappa shape index (κ3) is 2.70. The maximum absolute atomic E-state index is 11.0. The zero-order chi connectivity index (χ0) is 12.0. The fourth-order valence-corrected chi connectivity index (χ4v) is 1.46. The molecule has 0 atom stereocenters. The lowest BCUT2D eigenvalue weighted by molar-refractivity contribution is 0.0697. The number of carbonyl (C=O) groups is 1. The minimum atomic E-state index is -1.00. The van der Waals surface area contributed by atoms with Crippen molar-refractivity contribution in [1.82, 2.24) is 4.98 Å². The summed E-state index contributed by atoms with van der Waals surface area (Å²) in [7, 11) is 0. The van der Waals surface area contributed by atoms with E-state index in [0.717, 1.165) is 0 Å². The van der Waals surface area contributed by atoms with Crippen LogP contribution >= 0.6 is 0 Å². The third-order valence-electron chi connectivity index (χ3n) is 2.24. The molecule has 0 saturated heterocycles. The molecule has 0 aromatic carbocycles. The smallest absolute Gasteiger partial charge is 0.339 e. The largest absolute Gasteiger partial charge is 0.478 e. The van der Waals surface area contributed by atoms with Crippen LogP contribution in [-0.2, 0) is 0 Å². The molecule has 0 fully saturated rings. The maximum atomic E-state index is 11.0. The molecule has 0 aliphatic heterocycles. The molecule has 1 rings (SSSR count). The Hall–Kier alpha value is -2.09. The van der Waals surface area contributed by atoms with E-state index < -0.39 is 5.97 Å². The summed E-state index contributed by atoms with van der Waals surface area (Å²) in [5.41, 5.74) is 0.780. The molecule has 16 heavy (non-hydrogen) atoms. The van der Waals surface area contributed by atoms with Gasteiger partial charge in [0.1, 0.15) is 5.56 Å². The molecule has 1 aromatic rings. The van der Waals surface area contributed by atoms with Crippen LogP contribution < -0.4 is 4.90 Å². The number of rotatable bonds is 5. The molecule has 5 nitrogen and oxygen atoms in total. The monoisotopic (exact) mass is 219 g/mol. The van der Waals surface area contributed by atoms with Gasteiger partial charge in [-0.2, -0.15) is 5.26 Å². The lowest BCUT2D eigenvalue weighted by Crippen LogP contribution is -2.25. The molecule has 1 N–H and O–H groups in total. The summed E-state index contributed by atoms with van der Waals surface area (Å²) in [6.07, 6.45) is 3.25. The summed E-state index contributed by atoms with van der Waals surface area (Å²) < 4.78 is 0. The predicted molar refractivity (Wildman–Crippen MR) is 59.3 cm³/mol. The van der Waals surface area contributed by atoms with Gasteiger partial charge in [0.15, 0.2) is 0 Å². The Morgan fingerprint density at radius 1 is 1.69 bits per heavy atom. The number of nitriles is 1. The van der Waals surface area contributed by atoms with Crippen LogP contribution in [0.5, 0.6) is 0 Å².